The summed E-state index contributed by atoms with van der Waals surface area (Å²) in [6.07, 6.45) is 5.11. The van der Waals surface area contributed by atoms with Crippen LogP contribution in [0.25, 0.3) is 0 Å². The molecule has 2 rings (SSSR count). The van der Waals surface area contributed by atoms with E-state index in [1.165, 1.54) is 0 Å². The van der Waals surface area contributed by atoms with Gasteiger partial charge in [-0.15, -0.1) is 0 Å². The van der Waals surface area contributed by atoms with Gasteiger partial charge in [0, 0.05) is 0 Å². The molecule has 0 amide bonds. The summed E-state index contributed by atoms with van der Waals surface area (Å²) in [6.45, 7) is 6.70. The zero-order valence-electron chi connectivity index (χ0n) is 9.03. The number of ether oxygens (including phenoxy) is 3. The topological polar surface area (TPSA) is 27.7 Å². The van der Waals surface area contributed by atoms with Crippen molar-refractivity contribution in [2.45, 2.75) is 45.2 Å². The van der Waals surface area contributed by atoms with Crippen molar-refractivity contribution < 1.29 is 14.2 Å². The van der Waals surface area contributed by atoms with Crippen LogP contribution in [0.2, 0.25) is 0 Å². The standard InChI is InChI=1S/C11H18O3/c1-8-5-4-6-12-10(8)9-7-13-11(2,3)14-9/h4,6,8-10H,5,7H2,1-3H3/t8-,9-,10-/m1/s1. The van der Waals surface area contributed by atoms with Gasteiger partial charge >= 0.3 is 0 Å². The molecule has 1 fully saturated rings. The first-order valence-electron chi connectivity index (χ1n) is 5.21. The summed E-state index contributed by atoms with van der Waals surface area (Å²) in [5, 5.41) is 0. The molecular weight excluding hydrogens is 180 g/mol. The Morgan fingerprint density at radius 2 is 2.14 bits per heavy atom. The molecule has 1 saturated heterocycles. The highest BCUT2D eigenvalue weighted by Gasteiger charge is 2.40. The van der Waals surface area contributed by atoms with Gasteiger partial charge in [-0.2, -0.15) is 0 Å². The van der Waals surface area contributed by atoms with Crippen LogP contribution < -0.4 is 0 Å². The quantitative estimate of drug-likeness (QED) is 0.645. The van der Waals surface area contributed by atoms with Crippen LogP contribution >= 0.6 is 0 Å². The van der Waals surface area contributed by atoms with Crippen LogP contribution in [0, 0.1) is 5.92 Å². The van der Waals surface area contributed by atoms with E-state index in [0.29, 0.717) is 12.5 Å². The van der Waals surface area contributed by atoms with Crippen molar-refractivity contribution in [1.29, 1.82) is 0 Å². The van der Waals surface area contributed by atoms with Crippen LogP contribution in [-0.2, 0) is 14.2 Å². The van der Waals surface area contributed by atoms with E-state index in [-0.39, 0.29) is 12.2 Å². The normalized spacial score (nSPS) is 40.9. The van der Waals surface area contributed by atoms with Crippen LogP contribution in [0.3, 0.4) is 0 Å². The zero-order chi connectivity index (χ0) is 10.2. The van der Waals surface area contributed by atoms with E-state index in [2.05, 4.69) is 13.0 Å². The molecule has 2 heterocycles. The summed E-state index contributed by atoms with van der Waals surface area (Å²) < 4.78 is 16.9. The van der Waals surface area contributed by atoms with Crippen molar-refractivity contribution in [3.63, 3.8) is 0 Å². The summed E-state index contributed by atoms with van der Waals surface area (Å²) in [7, 11) is 0. The largest absolute Gasteiger partial charge is 0.495 e. The molecule has 3 atom stereocenters. The number of allylic oxidation sites excluding steroid dienone is 1. The molecule has 0 unspecified atom stereocenters. The third-order valence-electron chi connectivity index (χ3n) is 2.80. The van der Waals surface area contributed by atoms with E-state index >= 15 is 0 Å². The van der Waals surface area contributed by atoms with Gasteiger partial charge in [0.15, 0.2) is 5.79 Å². The average Bonchev–Trinajstić information content (AvgIpc) is 2.47. The maximum absolute atomic E-state index is 5.78. The van der Waals surface area contributed by atoms with Crippen molar-refractivity contribution in [3.8, 4) is 0 Å². The molecule has 0 aromatic carbocycles. The molecule has 2 aliphatic heterocycles. The Morgan fingerprint density at radius 1 is 1.36 bits per heavy atom. The minimum Gasteiger partial charge on any atom is -0.495 e. The third kappa shape index (κ3) is 1.93. The van der Waals surface area contributed by atoms with Crippen LogP contribution in [-0.4, -0.2) is 24.6 Å². The fraction of sp³-hybridized carbons (Fsp3) is 0.818. The Labute approximate surface area is 85.0 Å². The first-order valence-corrected chi connectivity index (χ1v) is 5.21. The minimum absolute atomic E-state index is 0.0740. The van der Waals surface area contributed by atoms with E-state index in [1.54, 1.807) is 6.26 Å². The summed E-state index contributed by atoms with van der Waals surface area (Å²) >= 11 is 0. The average molecular weight is 198 g/mol. The summed E-state index contributed by atoms with van der Waals surface area (Å²) in [5.74, 6) is 0.0528. The second-order valence-electron chi connectivity index (χ2n) is 4.55. The Balaban J connectivity index is 1.99. The molecule has 2 aliphatic rings. The Bertz CT molecular complexity index is 235. The molecular formula is C11H18O3. The van der Waals surface area contributed by atoms with Crippen molar-refractivity contribution in [1.82, 2.24) is 0 Å². The van der Waals surface area contributed by atoms with Crippen LogP contribution in [0.1, 0.15) is 27.2 Å². The molecule has 0 aromatic rings. The van der Waals surface area contributed by atoms with Gasteiger partial charge in [0.25, 0.3) is 0 Å². The van der Waals surface area contributed by atoms with Gasteiger partial charge in [0.2, 0.25) is 0 Å². The van der Waals surface area contributed by atoms with Crippen LogP contribution in [0.4, 0.5) is 0 Å². The number of hydrogen-bond acceptors (Lipinski definition) is 3. The third-order valence-corrected chi connectivity index (χ3v) is 2.80. The number of hydrogen-bond donors (Lipinski definition) is 0. The molecule has 0 radical (unpaired) electrons. The van der Waals surface area contributed by atoms with Crippen molar-refractivity contribution in [2.75, 3.05) is 6.61 Å². The first-order chi connectivity index (χ1) is 6.58. The predicted molar refractivity (Wildman–Crippen MR) is 52.7 cm³/mol. The maximum atomic E-state index is 5.78. The Kier molecular flexibility index (Phi) is 2.54. The SMILES string of the molecule is C[C@@H]1CC=CO[C@H]1[C@H]1COC(C)(C)O1. The lowest BCUT2D eigenvalue weighted by Gasteiger charge is -2.30. The molecule has 3 heteroatoms. The fourth-order valence-electron chi connectivity index (χ4n) is 2.02. The molecule has 0 saturated carbocycles. The molecule has 0 bridgehead atoms. The molecule has 3 nitrogen and oxygen atoms in total. The van der Waals surface area contributed by atoms with Gasteiger partial charge in [-0.25, -0.2) is 0 Å². The van der Waals surface area contributed by atoms with Gasteiger partial charge in [-0.1, -0.05) is 6.92 Å². The van der Waals surface area contributed by atoms with Gasteiger partial charge in [0.05, 0.1) is 12.9 Å². The molecule has 14 heavy (non-hydrogen) atoms. The summed E-state index contributed by atoms with van der Waals surface area (Å²) in [5.41, 5.74) is 0. The lowest BCUT2D eigenvalue weighted by molar-refractivity contribution is -0.156. The van der Waals surface area contributed by atoms with E-state index in [9.17, 15) is 0 Å². The lowest BCUT2D eigenvalue weighted by Crippen LogP contribution is -2.37. The van der Waals surface area contributed by atoms with E-state index in [1.807, 2.05) is 13.8 Å². The van der Waals surface area contributed by atoms with Gasteiger partial charge in [0.1, 0.15) is 12.2 Å². The predicted octanol–water partition coefficient (Wildman–Crippen LogP) is 2.08. The van der Waals surface area contributed by atoms with Crippen molar-refractivity contribution in [3.05, 3.63) is 12.3 Å². The molecule has 0 N–H and O–H groups in total. The van der Waals surface area contributed by atoms with Gasteiger partial charge in [-0.05, 0) is 32.3 Å². The van der Waals surface area contributed by atoms with Gasteiger partial charge < -0.3 is 14.2 Å². The number of rotatable bonds is 1. The highest BCUT2D eigenvalue weighted by atomic mass is 16.7. The van der Waals surface area contributed by atoms with E-state index < -0.39 is 5.79 Å². The molecule has 0 aliphatic carbocycles. The smallest absolute Gasteiger partial charge is 0.163 e. The minimum atomic E-state index is -0.449. The Morgan fingerprint density at radius 3 is 2.71 bits per heavy atom. The van der Waals surface area contributed by atoms with Crippen LogP contribution in [0.15, 0.2) is 12.3 Å². The highest BCUT2D eigenvalue weighted by Crippen LogP contribution is 2.30. The highest BCUT2D eigenvalue weighted by molar-refractivity contribution is 4.92. The van der Waals surface area contributed by atoms with Crippen molar-refractivity contribution >= 4 is 0 Å². The lowest BCUT2D eigenvalue weighted by atomic mass is 9.95. The Hall–Kier alpha value is -0.540. The summed E-state index contributed by atoms with van der Waals surface area (Å²) in [4.78, 5) is 0. The second kappa shape index (κ2) is 3.55. The summed E-state index contributed by atoms with van der Waals surface area (Å²) in [6, 6.07) is 0. The second-order valence-corrected chi connectivity index (χ2v) is 4.55. The van der Waals surface area contributed by atoms with E-state index in [4.69, 9.17) is 14.2 Å². The van der Waals surface area contributed by atoms with Gasteiger partial charge in [-0.3, -0.25) is 0 Å². The van der Waals surface area contributed by atoms with Crippen molar-refractivity contribution in [2.24, 2.45) is 5.92 Å². The molecule has 80 valence electrons. The van der Waals surface area contributed by atoms with Crippen LogP contribution in [0.5, 0.6) is 0 Å². The molecule has 0 spiro atoms. The van der Waals surface area contributed by atoms with E-state index in [0.717, 1.165) is 6.42 Å². The zero-order valence-corrected chi connectivity index (χ0v) is 9.03. The fourth-order valence-corrected chi connectivity index (χ4v) is 2.02. The monoisotopic (exact) mass is 198 g/mol. The first kappa shape index (κ1) is 9.99. The molecule has 0 aromatic heterocycles. The maximum Gasteiger partial charge on any atom is 0.163 e.